The maximum absolute atomic E-state index is 13.1. The summed E-state index contributed by atoms with van der Waals surface area (Å²) in [4.78, 5) is 14.9. The van der Waals surface area contributed by atoms with E-state index in [9.17, 15) is 13.2 Å². The number of rotatable bonds is 2. The summed E-state index contributed by atoms with van der Waals surface area (Å²) in [7, 11) is -3.64. The average molecular weight is 335 g/mol. The van der Waals surface area contributed by atoms with E-state index in [0.717, 1.165) is 18.5 Å². The Hall–Kier alpha value is -1.70. The predicted octanol–water partition coefficient (Wildman–Crippen LogP) is 1.21. The molecule has 23 heavy (non-hydrogen) atoms. The summed E-state index contributed by atoms with van der Waals surface area (Å²) in [5.41, 5.74) is 0.480. The number of fused-ring (bicyclic) bond motifs is 1. The molecule has 0 aliphatic carbocycles. The highest BCUT2D eigenvalue weighted by Crippen LogP contribution is 2.27. The lowest BCUT2D eigenvalue weighted by atomic mass is 10.1. The highest BCUT2D eigenvalue weighted by Gasteiger charge is 2.29. The number of hydrogen-bond acceptors (Lipinski definition) is 4. The third-order valence-corrected chi connectivity index (χ3v) is 6.16. The molecule has 3 rings (SSSR count). The highest BCUT2D eigenvalue weighted by molar-refractivity contribution is 7.89. The van der Waals surface area contributed by atoms with Crippen molar-refractivity contribution in [1.82, 2.24) is 14.6 Å². The number of nitrogens with one attached hydrogen (secondary N) is 2. The minimum atomic E-state index is -3.64. The Morgan fingerprint density at radius 2 is 2.09 bits per heavy atom. The third kappa shape index (κ3) is 2.91. The van der Waals surface area contributed by atoms with Crippen LogP contribution in [0.5, 0.6) is 0 Å². The molecule has 2 heterocycles. The molecule has 1 aliphatic rings. The van der Waals surface area contributed by atoms with E-state index in [2.05, 4.69) is 10.3 Å². The van der Waals surface area contributed by atoms with Crippen molar-refractivity contribution in [2.24, 2.45) is 0 Å². The Labute approximate surface area is 135 Å². The lowest BCUT2D eigenvalue weighted by molar-refractivity contribution is 0.404. The van der Waals surface area contributed by atoms with E-state index in [-0.39, 0.29) is 16.5 Å². The fourth-order valence-corrected chi connectivity index (χ4v) is 4.94. The zero-order chi connectivity index (χ0) is 16.6. The van der Waals surface area contributed by atoms with Crippen LogP contribution in [0.15, 0.2) is 34.1 Å². The van der Waals surface area contributed by atoms with E-state index in [1.807, 2.05) is 13.8 Å². The van der Waals surface area contributed by atoms with Crippen LogP contribution in [0.2, 0.25) is 0 Å². The van der Waals surface area contributed by atoms with Crippen LogP contribution < -0.4 is 10.9 Å². The van der Waals surface area contributed by atoms with Crippen molar-refractivity contribution < 1.29 is 8.42 Å². The molecule has 1 unspecified atom stereocenters. The molecule has 0 saturated carbocycles. The van der Waals surface area contributed by atoms with Gasteiger partial charge in [-0.25, -0.2) is 8.42 Å². The molecule has 6 nitrogen and oxygen atoms in total. The minimum absolute atomic E-state index is 0.103. The maximum atomic E-state index is 13.1. The molecule has 1 atom stereocenters. The Balaban J connectivity index is 2.19. The first-order valence-corrected chi connectivity index (χ1v) is 9.20. The van der Waals surface area contributed by atoms with Gasteiger partial charge in [0.2, 0.25) is 10.0 Å². The van der Waals surface area contributed by atoms with E-state index >= 15 is 0 Å². The van der Waals surface area contributed by atoms with Gasteiger partial charge < -0.3 is 10.3 Å². The van der Waals surface area contributed by atoms with E-state index in [1.165, 1.54) is 4.31 Å². The van der Waals surface area contributed by atoms with Crippen molar-refractivity contribution in [3.63, 3.8) is 0 Å². The van der Waals surface area contributed by atoms with Gasteiger partial charge in [-0.2, -0.15) is 4.31 Å². The van der Waals surface area contributed by atoms with Crippen molar-refractivity contribution in [3.05, 3.63) is 40.3 Å². The highest BCUT2D eigenvalue weighted by atomic mass is 32.2. The molecule has 0 bridgehead atoms. The van der Waals surface area contributed by atoms with Gasteiger partial charge in [0, 0.05) is 36.1 Å². The first kappa shape index (κ1) is 16.2. The summed E-state index contributed by atoms with van der Waals surface area (Å²) in [6.45, 7) is 5.51. The van der Waals surface area contributed by atoms with E-state index in [0.29, 0.717) is 23.9 Å². The smallest absolute Gasteiger partial charge is 0.255 e. The van der Waals surface area contributed by atoms with Gasteiger partial charge in [0.15, 0.2) is 0 Å². The van der Waals surface area contributed by atoms with E-state index in [1.54, 1.807) is 24.4 Å². The minimum Gasteiger partial charge on any atom is -0.328 e. The van der Waals surface area contributed by atoms with Gasteiger partial charge >= 0.3 is 0 Å². The number of pyridine rings is 1. The Kier molecular flexibility index (Phi) is 4.27. The van der Waals surface area contributed by atoms with Crippen LogP contribution in [-0.2, 0) is 10.0 Å². The van der Waals surface area contributed by atoms with Crippen LogP contribution in [-0.4, -0.2) is 43.4 Å². The topological polar surface area (TPSA) is 82.3 Å². The monoisotopic (exact) mass is 335 g/mol. The van der Waals surface area contributed by atoms with Crippen molar-refractivity contribution in [1.29, 1.82) is 0 Å². The van der Waals surface area contributed by atoms with Gasteiger partial charge in [0.25, 0.3) is 5.56 Å². The number of H-pyrrole nitrogens is 1. The lowest BCUT2D eigenvalue weighted by Gasteiger charge is -2.23. The second kappa shape index (κ2) is 6.07. The van der Waals surface area contributed by atoms with E-state index in [4.69, 9.17) is 0 Å². The molecule has 1 aromatic carbocycles. The Bertz CT molecular complexity index is 889. The molecule has 7 heteroatoms. The fraction of sp³-hybridized carbons (Fsp3) is 0.438. The zero-order valence-corrected chi connectivity index (χ0v) is 14.1. The molecule has 0 spiro atoms. The van der Waals surface area contributed by atoms with Gasteiger partial charge in [0.05, 0.1) is 4.90 Å². The number of aryl methyl sites for hydroxylation is 1. The largest absolute Gasteiger partial charge is 0.328 e. The van der Waals surface area contributed by atoms with Gasteiger partial charge in [-0.3, -0.25) is 4.79 Å². The summed E-state index contributed by atoms with van der Waals surface area (Å²) < 4.78 is 27.8. The van der Waals surface area contributed by atoms with Crippen LogP contribution >= 0.6 is 0 Å². The number of aromatic nitrogens is 1. The third-order valence-electron chi connectivity index (χ3n) is 4.26. The zero-order valence-electron chi connectivity index (χ0n) is 13.3. The normalized spacial score (nSPS) is 20.5. The van der Waals surface area contributed by atoms with Gasteiger partial charge in [-0.15, -0.1) is 0 Å². The van der Waals surface area contributed by atoms with Crippen molar-refractivity contribution in [2.45, 2.75) is 31.2 Å². The van der Waals surface area contributed by atoms with Crippen LogP contribution in [0, 0.1) is 6.92 Å². The van der Waals surface area contributed by atoms with E-state index < -0.39 is 10.0 Å². The molecule has 124 valence electrons. The lowest BCUT2D eigenvalue weighted by Crippen LogP contribution is -2.39. The number of aromatic amines is 1. The van der Waals surface area contributed by atoms with Crippen LogP contribution in [0.1, 0.15) is 18.9 Å². The van der Waals surface area contributed by atoms with Crippen molar-refractivity contribution in [2.75, 3.05) is 19.6 Å². The molecular weight excluding hydrogens is 314 g/mol. The molecular formula is C16H21N3O3S. The summed E-state index contributed by atoms with van der Waals surface area (Å²) in [5.74, 6) is 0. The number of hydrogen-bond donors (Lipinski definition) is 2. The Morgan fingerprint density at radius 3 is 2.87 bits per heavy atom. The molecule has 1 aromatic heterocycles. The van der Waals surface area contributed by atoms with Crippen LogP contribution in [0.3, 0.4) is 0 Å². The number of nitrogens with zero attached hydrogens (tertiary/aromatic N) is 1. The summed E-state index contributed by atoms with van der Waals surface area (Å²) >= 11 is 0. The van der Waals surface area contributed by atoms with Crippen LogP contribution in [0.4, 0.5) is 0 Å². The SMILES string of the molecule is Cc1c[nH]c(=O)c2cccc(S(=O)(=O)N3CCCNC(C)C3)c12. The predicted molar refractivity (Wildman–Crippen MR) is 90.1 cm³/mol. The molecule has 0 radical (unpaired) electrons. The number of sulfonamides is 1. The number of benzene rings is 1. The van der Waals surface area contributed by atoms with Crippen LogP contribution in [0.25, 0.3) is 10.8 Å². The summed E-state index contributed by atoms with van der Waals surface area (Å²) in [6, 6.07) is 4.98. The molecule has 0 amide bonds. The summed E-state index contributed by atoms with van der Waals surface area (Å²) in [5, 5.41) is 4.22. The molecule has 1 saturated heterocycles. The molecule has 1 fully saturated rings. The average Bonchev–Trinajstić information content (AvgIpc) is 2.75. The van der Waals surface area contributed by atoms with Gasteiger partial charge in [0.1, 0.15) is 0 Å². The first-order valence-electron chi connectivity index (χ1n) is 7.76. The second-order valence-electron chi connectivity index (χ2n) is 6.05. The van der Waals surface area contributed by atoms with Crippen molar-refractivity contribution >= 4 is 20.8 Å². The standard InChI is InChI=1S/C16H21N3O3S/c1-11-9-18-16(20)13-5-3-6-14(15(11)13)23(21,22)19-8-4-7-17-12(2)10-19/h3,5-6,9,12,17H,4,7-8,10H2,1-2H3,(H,18,20). The molecule has 2 N–H and O–H groups in total. The maximum Gasteiger partial charge on any atom is 0.255 e. The van der Waals surface area contributed by atoms with Crippen molar-refractivity contribution in [3.8, 4) is 0 Å². The van der Waals surface area contributed by atoms with Gasteiger partial charge in [-0.1, -0.05) is 6.07 Å². The summed E-state index contributed by atoms with van der Waals surface area (Å²) in [6.07, 6.45) is 2.34. The second-order valence-corrected chi connectivity index (χ2v) is 7.96. The quantitative estimate of drug-likeness (QED) is 0.864. The Morgan fingerprint density at radius 1 is 1.30 bits per heavy atom. The van der Waals surface area contributed by atoms with Gasteiger partial charge in [-0.05, 0) is 44.5 Å². The molecule has 2 aromatic rings. The first-order chi connectivity index (χ1) is 10.9. The molecule has 1 aliphatic heterocycles. The fourth-order valence-electron chi connectivity index (χ4n) is 3.09.